The van der Waals surface area contributed by atoms with Crippen molar-refractivity contribution in [3.8, 4) is 11.3 Å². The van der Waals surface area contributed by atoms with Crippen LogP contribution in [-0.4, -0.2) is 23.0 Å². The molecule has 2 radical (unpaired) electrons. The third kappa shape index (κ3) is 2.06. The first-order valence-corrected chi connectivity index (χ1v) is 6.00. The van der Waals surface area contributed by atoms with Crippen molar-refractivity contribution in [2.45, 2.75) is 6.92 Å². The molecule has 4 heteroatoms. The Balaban J connectivity index is 2.17. The number of rotatable bonds is 2. The number of aromatic nitrogens is 2. The second-order valence-corrected chi connectivity index (χ2v) is 4.45. The number of hydrogen-bond acceptors (Lipinski definition) is 2. The maximum absolute atomic E-state index is 11.4. The van der Waals surface area contributed by atoms with Crippen LogP contribution < -0.4 is 5.46 Å². The number of nitrogens with zero attached hydrogens (tertiary/aromatic N) is 2. The Bertz CT molecular complexity index is 777. The van der Waals surface area contributed by atoms with Gasteiger partial charge >= 0.3 is 0 Å². The summed E-state index contributed by atoms with van der Waals surface area (Å²) in [5.41, 5.74) is 3.80. The molecule has 0 saturated carbocycles. The predicted molar refractivity (Wildman–Crippen MR) is 76.0 cm³/mol. The van der Waals surface area contributed by atoms with Crippen molar-refractivity contribution in [1.29, 1.82) is 0 Å². The summed E-state index contributed by atoms with van der Waals surface area (Å²) in [4.78, 5) is 15.9. The normalized spacial score (nSPS) is 10.8. The van der Waals surface area contributed by atoms with Crippen LogP contribution in [0.3, 0.4) is 0 Å². The highest BCUT2D eigenvalue weighted by atomic mass is 16.1. The van der Waals surface area contributed by atoms with Gasteiger partial charge in [0.05, 0.1) is 5.69 Å². The third-order valence-electron chi connectivity index (χ3n) is 3.10. The van der Waals surface area contributed by atoms with Gasteiger partial charge in [-0.1, -0.05) is 29.7 Å². The van der Waals surface area contributed by atoms with Gasteiger partial charge in [-0.2, -0.15) is 0 Å². The van der Waals surface area contributed by atoms with Crippen molar-refractivity contribution in [2.24, 2.45) is 0 Å². The average molecular weight is 246 g/mol. The SMILES string of the molecule is [B]c1ccccc1-c1cn2ccc(C(C)=O)cc2n1. The number of carbonyl (C=O) groups is 1. The molecule has 0 amide bonds. The van der Waals surface area contributed by atoms with E-state index in [-0.39, 0.29) is 5.78 Å². The molecule has 2 heterocycles. The molecule has 0 aliphatic heterocycles. The summed E-state index contributed by atoms with van der Waals surface area (Å²) in [6, 6.07) is 11.2. The minimum Gasteiger partial charge on any atom is -0.306 e. The largest absolute Gasteiger partial charge is 0.306 e. The van der Waals surface area contributed by atoms with Gasteiger partial charge < -0.3 is 4.40 Å². The maximum Gasteiger partial charge on any atom is 0.159 e. The minimum absolute atomic E-state index is 0.0336. The molecule has 19 heavy (non-hydrogen) atoms. The van der Waals surface area contributed by atoms with Crippen LogP contribution in [-0.2, 0) is 0 Å². The van der Waals surface area contributed by atoms with E-state index in [1.165, 1.54) is 0 Å². The molecule has 0 atom stereocenters. The quantitative estimate of drug-likeness (QED) is 0.512. The summed E-state index contributed by atoms with van der Waals surface area (Å²) in [6.45, 7) is 1.55. The highest BCUT2D eigenvalue weighted by Gasteiger charge is 2.07. The van der Waals surface area contributed by atoms with Gasteiger partial charge in [-0.3, -0.25) is 4.79 Å². The Kier molecular flexibility index (Phi) is 2.71. The summed E-state index contributed by atoms with van der Waals surface area (Å²) in [5.74, 6) is 0.0336. The molecule has 0 aliphatic rings. The summed E-state index contributed by atoms with van der Waals surface area (Å²) in [7, 11) is 5.95. The van der Waals surface area contributed by atoms with Gasteiger partial charge in [-0.15, -0.1) is 0 Å². The molecule has 1 aromatic carbocycles. The lowest BCUT2D eigenvalue weighted by molar-refractivity contribution is 0.101. The van der Waals surface area contributed by atoms with Gasteiger partial charge in [0.2, 0.25) is 0 Å². The Morgan fingerprint density at radius 3 is 2.79 bits per heavy atom. The fraction of sp³-hybridized carbons (Fsp3) is 0.0667. The van der Waals surface area contributed by atoms with E-state index in [0.717, 1.165) is 16.9 Å². The first kappa shape index (κ1) is 11.7. The van der Waals surface area contributed by atoms with Crippen molar-refractivity contribution in [1.82, 2.24) is 9.38 Å². The fourth-order valence-electron chi connectivity index (χ4n) is 2.06. The zero-order chi connectivity index (χ0) is 13.4. The number of imidazole rings is 1. The monoisotopic (exact) mass is 246 g/mol. The summed E-state index contributed by atoms with van der Waals surface area (Å²) < 4.78 is 1.88. The molecule has 3 rings (SSSR count). The molecule has 3 aromatic rings. The van der Waals surface area contributed by atoms with Crippen molar-refractivity contribution >= 4 is 24.7 Å². The lowest BCUT2D eigenvalue weighted by Crippen LogP contribution is -2.05. The minimum atomic E-state index is 0.0336. The first-order valence-electron chi connectivity index (χ1n) is 6.00. The summed E-state index contributed by atoms with van der Waals surface area (Å²) in [5, 5.41) is 0. The first-order chi connectivity index (χ1) is 9.15. The van der Waals surface area contributed by atoms with Crippen molar-refractivity contribution in [3.63, 3.8) is 0 Å². The van der Waals surface area contributed by atoms with Crippen LogP contribution in [0.25, 0.3) is 16.9 Å². The van der Waals surface area contributed by atoms with Crippen molar-refractivity contribution in [2.75, 3.05) is 0 Å². The van der Waals surface area contributed by atoms with Crippen LogP contribution >= 0.6 is 0 Å². The van der Waals surface area contributed by atoms with Crippen LogP contribution in [0.4, 0.5) is 0 Å². The van der Waals surface area contributed by atoms with Gasteiger partial charge in [0.1, 0.15) is 13.5 Å². The van der Waals surface area contributed by atoms with E-state index in [0.29, 0.717) is 11.0 Å². The molecule has 0 spiro atoms. The van der Waals surface area contributed by atoms with Crippen LogP contribution in [0.15, 0.2) is 48.8 Å². The van der Waals surface area contributed by atoms with E-state index in [4.69, 9.17) is 7.85 Å². The molecule has 0 saturated heterocycles. The molecular weight excluding hydrogens is 235 g/mol. The van der Waals surface area contributed by atoms with Gasteiger partial charge in [0.25, 0.3) is 0 Å². The number of carbonyl (C=O) groups excluding carboxylic acids is 1. The van der Waals surface area contributed by atoms with E-state index < -0.39 is 0 Å². The van der Waals surface area contributed by atoms with E-state index in [2.05, 4.69) is 4.98 Å². The van der Waals surface area contributed by atoms with Crippen molar-refractivity contribution < 1.29 is 4.79 Å². The van der Waals surface area contributed by atoms with Crippen LogP contribution in [0.5, 0.6) is 0 Å². The Labute approximate surface area is 112 Å². The van der Waals surface area contributed by atoms with E-state index in [9.17, 15) is 4.79 Å². The van der Waals surface area contributed by atoms with Crippen LogP contribution in [0, 0.1) is 0 Å². The number of pyridine rings is 1. The highest BCUT2D eigenvalue weighted by Crippen LogP contribution is 2.17. The molecule has 0 unspecified atom stereocenters. The van der Waals surface area contributed by atoms with Gasteiger partial charge in [0, 0.05) is 18.0 Å². The number of ketones is 1. The Morgan fingerprint density at radius 1 is 1.26 bits per heavy atom. The number of Topliss-reactive ketones (excluding diaryl/α,β-unsaturated/α-hetero) is 1. The van der Waals surface area contributed by atoms with Crippen LogP contribution in [0.2, 0.25) is 0 Å². The maximum atomic E-state index is 11.4. The molecule has 0 aliphatic carbocycles. The molecule has 0 fully saturated rings. The standard InChI is InChI=1S/C15H11BN2O/c1-10(19)11-6-7-18-9-14(17-15(18)8-11)12-4-2-3-5-13(12)16/h2-9H,1H3. The second-order valence-electron chi connectivity index (χ2n) is 4.45. The summed E-state index contributed by atoms with van der Waals surface area (Å²) in [6.07, 6.45) is 3.74. The smallest absolute Gasteiger partial charge is 0.159 e. The lowest BCUT2D eigenvalue weighted by Gasteiger charge is -2.00. The third-order valence-corrected chi connectivity index (χ3v) is 3.10. The number of fused-ring (bicyclic) bond motifs is 1. The average Bonchev–Trinajstić information content (AvgIpc) is 2.81. The zero-order valence-electron chi connectivity index (χ0n) is 10.5. The van der Waals surface area contributed by atoms with Gasteiger partial charge in [0.15, 0.2) is 5.78 Å². The zero-order valence-corrected chi connectivity index (χ0v) is 10.5. The molecular formula is C15H11BN2O. The highest BCUT2D eigenvalue weighted by molar-refractivity contribution is 6.35. The molecule has 90 valence electrons. The molecule has 3 nitrogen and oxygen atoms in total. The Morgan fingerprint density at radius 2 is 2.05 bits per heavy atom. The molecule has 2 aromatic heterocycles. The Hall–Kier alpha value is -2.36. The topological polar surface area (TPSA) is 34.4 Å². The molecule has 0 bridgehead atoms. The number of benzene rings is 1. The fourth-order valence-corrected chi connectivity index (χ4v) is 2.06. The van der Waals surface area contributed by atoms with E-state index in [1.807, 2.05) is 41.1 Å². The second kappa shape index (κ2) is 4.39. The lowest BCUT2D eigenvalue weighted by atomic mass is 9.89. The summed E-state index contributed by atoms with van der Waals surface area (Å²) >= 11 is 0. The van der Waals surface area contributed by atoms with E-state index in [1.54, 1.807) is 19.1 Å². The van der Waals surface area contributed by atoms with Gasteiger partial charge in [-0.25, -0.2) is 4.98 Å². The number of hydrogen-bond donors (Lipinski definition) is 0. The van der Waals surface area contributed by atoms with Crippen molar-refractivity contribution in [3.05, 3.63) is 54.4 Å². The van der Waals surface area contributed by atoms with Crippen LogP contribution in [0.1, 0.15) is 17.3 Å². The predicted octanol–water partition coefficient (Wildman–Crippen LogP) is 2.00. The van der Waals surface area contributed by atoms with E-state index >= 15 is 0 Å². The van der Waals surface area contributed by atoms with Gasteiger partial charge in [-0.05, 0) is 24.6 Å². The molecule has 0 N–H and O–H groups in total.